The maximum Gasteiger partial charge on any atom is 0.326 e. The van der Waals surface area contributed by atoms with Crippen LogP contribution in [0.1, 0.15) is 12.5 Å². The summed E-state index contributed by atoms with van der Waals surface area (Å²) in [5, 5.41) is 12.1. The van der Waals surface area contributed by atoms with Gasteiger partial charge in [-0.15, -0.1) is 0 Å². The highest BCUT2D eigenvalue weighted by atomic mass is 35.5. The number of anilines is 1. The van der Waals surface area contributed by atoms with Crippen LogP contribution >= 0.6 is 35.6 Å². The van der Waals surface area contributed by atoms with Crippen LogP contribution in [0, 0.1) is 5.82 Å². The van der Waals surface area contributed by atoms with Crippen LogP contribution in [0.5, 0.6) is 5.75 Å². The number of amides is 2. The van der Waals surface area contributed by atoms with Gasteiger partial charge in [0.15, 0.2) is 6.61 Å². The predicted octanol–water partition coefficient (Wildman–Crippen LogP) is 4.17. The average Bonchev–Trinajstić information content (AvgIpc) is 3.01. The minimum Gasteiger partial charge on any atom is -0.483 e. The molecule has 7 nitrogen and oxygen atoms in total. The van der Waals surface area contributed by atoms with Gasteiger partial charge in [-0.3, -0.25) is 14.5 Å². The van der Waals surface area contributed by atoms with Gasteiger partial charge in [0.05, 0.1) is 4.91 Å². The molecular weight excluding hydrogens is 479 g/mol. The van der Waals surface area contributed by atoms with E-state index in [1.54, 1.807) is 18.2 Å². The Bertz CT molecular complexity index is 1120. The van der Waals surface area contributed by atoms with Gasteiger partial charge in [-0.2, -0.15) is 0 Å². The number of carboxylic acid groups (broad SMARTS) is 1. The average molecular weight is 495 g/mol. The summed E-state index contributed by atoms with van der Waals surface area (Å²) in [5.41, 5.74) is 0.822. The highest BCUT2D eigenvalue weighted by Gasteiger charge is 2.38. The number of aliphatic carboxylic acids is 1. The molecule has 0 aliphatic carbocycles. The number of carbonyl (C=O) groups is 3. The van der Waals surface area contributed by atoms with E-state index in [1.165, 1.54) is 37.3 Å². The lowest BCUT2D eigenvalue weighted by atomic mass is 10.1. The van der Waals surface area contributed by atoms with Crippen molar-refractivity contribution >= 4 is 69.4 Å². The summed E-state index contributed by atoms with van der Waals surface area (Å²) in [7, 11) is 0. The van der Waals surface area contributed by atoms with Crippen molar-refractivity contribution in [3.63, 3.8) is 0 Å². The Morgan fingerprint density at radius 2 is 2.00 bits per heavy atom. The van der Waals surface area contributed by atoms with Crippen molar-refractivity contribution in [2.24, 2.45) is 0 Å². The Kier molecular flexibility index (Phi) is 7.49. The number of thiocarbonyl (C=S) groups is 1. The highest BCUT2D eigenvalue weighted by molar-refractivity contribution is 8.26. The molecule has 2 N–H and O–H groups in total. The Hall–Kier alpha value is -2.95. The summed E-state index contributed by atoms with van der Waals surface area (Å²) < 4.78 is 18.7. The number of carbonyl (C=O) groups excluding carboxylic acids is 2. The van der Waals surface area contributed by atoms with Gasteiger partial charge >= 0.3 is 5.97 Å². The first-order chi connectivity index (χ1) is 15.2. The molecular formula is C21H16ClFN2O5S2. The summed E-state index contributed by atoms with van der Waals surface area (Å²) in [4.78, 5) is 37.3. The van der Waals surface area contributed by atoms with Gasteiger partial charge in [0.25, 0.3) is 11.8 Å². The zero-order chi connectivity index (χ0) is 23.4. The van der Waals surface area contributed by atoms with Crippen LogP contribution in [0.25, 0.3) is 6.08 Å². The van der Waals surface area contributed by atoms with E-state index in [-0.39, 0.29) is 21.6 Å². The molecule has 0 radical (unpaired) electrons. The van der Waals surface area contributed by atoms with Crippen LogP contribution in [0.15, 0.2) is 47.4 Å². The van der Waals surface area contributed by atoms with Crippen molar-refractivity contribution in [3.05, 3.63) is 63.8 Å². The smallest absolute Gasteiger partial charge is 0.326 e. The van der Waals surface area contributed by atoms with Crippen molar-refractivity contribution in [1.29, 1.82) is 0 Å². The highest BCUT2D eigenvalue weighted by Crippen LogP contribution is 2.36. The predicted molar refractivity (Wildman–Crippen MR) is 124 cm³/mol. The first kappa shape index (κ1) is 23.7. The van der Waals surface area contributed by atoms with E-state index in [1.807, 2.05) is 0 Å². The molecule has 2 amide bonds. The van der Waals surface area contributed by atoms with Gasteiger partial charge in [0.2, 0.25) is 0 Å². The summed E-state index contributed by atoms with van der Waals surface area (Å²) in [6.07, 6.45) is 1.48. The minimum absolute atomic E-state index is 0.124. The monoisotopic (exact) mass is 494 g/mol. The van der Waals surface area contributed by atoms with Gasteiger partial charge in [0, 0.05) is 16.3 Å². The van der Waals surface area contributed by atoms with Crippen molar-refractivity contribution in [1.82, 2.24) is 4.90 Å². The Morgan fingerprint density at radius 1 is 1.31 bits per heavy atom. The molecule has 166 valence electrons. The Balaban J connectivity index is 1.76. The first-order valence-electron chi connectivity index (χ1n) is 9.13. The number of thioether (sulfide) groups is 1. The van der Waals surface area contributed by atoms with E-state index in [0.717, 1.165) is 16.7 Å². The second kappa shape index (κ2) is 10.1. The molecule has 1 aliphatic rings. The summed E-state index contributed by atoms with van der Waals surface area (Å²) >= 11 is 12.2. The molecule has 0 saturated carbocycles. The van der Waals surface area contributed by atoms with Gasteiger partial charge in [-0.1, -0.05) is 35.6 Å². The lowest BCUT2D eigenvalue weighted by Crippen LogP contribution is -2.41. The van der Waals surface area contributed by atoms with E-state index < -0.39 is 29.6 Å². The van der Waals surface area contributed by atoms with Crippen LogP contribution in [-0.2, 0) is 14.4 Å². The summed E-state index contributed by atoms with van der Waals surface area (Å²) in [5.74, 6) is -2.34. The number of nitrogens with one attached hydrogen (secondary N) is 1. The molecule has 1 heterocycles. The topological polar surface area (TPSA) is 95.9 Å². The van der Waals surface area contributed by atoms with Gasteiger partial charge in [-0.05, 0) is 55.5 Å². The van der Waals surface area contributed by atoms with Gasteiger partial charge in [-0.25, -0.2) is 9.18 Å². The Labute approximate surface area is 197 Å². The Morgan fingerprint density at radius 3 is 2.66 bits per heavy atom. The second-order valence-corrected chi connectivity index (χ2v) is 8.70. The fourth-order valence-corrected chi connectivity index (χ4v) is 4.29. The molecule has 0 bridgehead atoms. The van der Waals surface area contributed by atoms with Crippen LogP contribution < -0.4 is 10.1 Å². The van der Waals surface area contributed by atoms with E-state index in [0.29, 0.717) is 16.3 Å². The SMILES string of the molecule is CC(C(=O)O)N1C(=O)/C(=C/c2cc(Cl)ccc2OCC(=O)Nc2ccc(F)cc2)SC1=S. The molecule has 2 aromatic rings. The second-order valence-electron chi connectivity index (χ2n) is 6.59. The van der Waals surface area contributed by atoms with Crippen LogP contribution in [-0.4, -0.2) is 44.8 Å². The number of benzene rings is 2. The maximum absolute atomic E-state index is 13.0. The molecule has 11 heteroatoms. The third-order valence-corrected chi connectivity index (χ3v) is 5.88. The number of carboxylic acids is 1. The van der Waals surface area contributed by atoms with Crippen LogP contribution in [0.3, 0.4) is 0 Å². The molecule has 0 spiro atoms. The number of nitrogens with zero attached hydrogens (tertiary/aromatic N) is 1. The van der Waals surface area contributed by atoms with Crippen LogP contribution in [0.4, 0.5) is 10.1 Å². The number of rotatable bonds is 7. The molecule has 2 aromatic carbocycles. The summed E-state index contributed by atoms with van der Waals surface area (Å²) in [6, 6.07) is 8.80. The van der Waals surface area contributed by atoms with Crippen molar-refractivity contribution in [2.45, 2.75) is 13.0 Å². The molecule has 1 saturated heterocycles. The fourth-order valence-electron chi connectivity index (χ4n) is 2.70. The molecule has 3 rings (SSSR count). The number of hydrogen-bond acceptors (Lipinski definition) is 6. The van der Waals surface area contributed by atoms with E-state index >= 15 is 0 Å². The third kappa shape index (κ3) is 5.64. The van der Waals surface area contributed by atoms with Crippen LogP contribution in [0.2, 0.25) is 5.02 Å². The molecule has 32 heavy (non-hydrogen) atoms. The quantitative estimate of drug-likeness (QED) is 0.440. The fraction of sp³-hybridized carbons (Fsp3) is 0.143. The van der Waals surface area contributed by atoms with Crippen molar-refractivity contribution < 1.29 is 28.6 Å². The standard InChI is InChI=1S/C21H16ClFN2O5S2/c1-11(20(28)29)25-19(27)17(32-21(25)31)9-12-8-13(22)2-7-16(12)30-10-18(26)24-15-5-3-14(23)4-6-15/h2-9,11H,10H2,1H3,(H,24,26)(H,28,29)/b17-9-. The number of ether oxygens (including phenoxy) is 1. The van der Waals surface area contributed by atoms with E-state index in [4.69, 9.17) is 28.6 Å². The zero-order valence-electron chi connectivity index (χ0n) is 16.5. The molecule has 1 unspecified atom stereocenters. The maximum atomic E-state index is 13.0. The zero-order valence-corrected chi connectivity index (χ0v) is 18.9. The van der Waals surface area contributed by atoms with Gasteiger partial charge < -0.3 is 15.2 Å². The molecule has 1 fully saturated rings. The van der Waals surface area contributed by atoms with Crippen molar-refractivity contribution in [2.75, 3.05) is 11.9 Å². The summed E-state index contributed by atoms with van der Waals surface area (Å²) in [6.45, 7) is 1.01. The largest absolute Gasteiger partial charge is 0.483 e. The third-order valence-electron chi connectivity index (χ3n) is 4.31. The number of halogens is 2. The van der Waals surface area contributed by atoms with Gasteiger partial charge in [0.1, 0.15) is 21.9 Å². The molecule has 1 aliphatic heterocycles. The normalized spacial score (nSPS) is 15.7. The van der Waals surface area contributed by atoms with E-state index in [9.17, 15) is 23.9 Å². The lowest BCUT2D eigenvalue weighted by Gasteiger charge is -2.18. The number of hydrogen-bond donors (Lipinski definition) is 2. The van der Waals surface area contributed by atoms with E-state index in [2.05, 4.69) is 5.32 Å². The van der Waals surface area contributed by atoms with Crippen molar-refractivity contribution in [3.8, 4) is 5.75 Å². The molecule has 0 aromatic heterocycles. The first-order valence-corrected chi connectivity index (χ1v) is 10.7. The minimum atomic E-state index is -1.18. The molecule has 1 atom stereocenters. The lowest BCUT2D eigenvalue weighted by molar-refractivity contribution is -0.144.